The van der Waals surface area contributed by atoms with Crippen LogP contribution in [0, 0.1) is 6.92 Å². The largest absolute Gasteiger partial charge is 0.573 e. The van der Waals surface area contributed by atoms with Crippen molar-refractivity contribution >= 4 is 17.3 Å². The van der Waals surface area contributed by atoms with Crippen LogP contribution < -0.4 is 15.8 Å². The Morgan fingerprint density at radius 2 is 2.04 bits per heavy atom. The van der Waals surface area contributed by atoms with Crippen LogP contribution in [0.2, 0.25) is 0 Å². The van der Waals surface area contributed by atoms with Crippen LogP contribution in [-0.2, 0) is 13.0 Å². The third-order valence-corrected chi connectivity index (χ3v) is 3.77. The van der Waals surface area contributed by atoms with Crippen molar-refractivity contribution in [2.45, 2.75) is 26.3 Å². The molecule has 1 heterocycles. The van der Waals surface area contributed by atoms with Crippen LogP contribution in [0.5, 0.6) is 5.75 Å². The predicted molar refractivity (Wildman–Crippen MR) is 87.0 cm³/mol. The molecule has 130 valence electrons. The van der Waals surface area contributed by atoms with E-state index in [-0.39, 0.29) is 18.3 Å². The number of aliphatic imine (C=N–C) groups is 1. The van der Waals surface area contributed by atoms with Gasteiger partial charge in [0, 0.05) is 18.3 Å². The van der Waals surface area contributed by atoms with Gasteiger partial charge in [-0.2, -0.15) is 0 Å². The number of thiazole rings is 1. The van der Waals surface area contributed by atoms with Crippen molar-refractivity contribution in [2.24, 2.45) is 10.7 Å². The highest BCUT2D eigenvalue weighted by Gasteiger charge is 2.30. The van der Waals surface area contributed by atoms with Gasteiger partial charge in [0.1, 0.15) is 5.75 Å². The fourth-order valence-corrected chi connectivity index (χ4v) is 2.52. The summed E-state index contributed by atoms with van der Waals surface area (Å²) in [5.74, 6) is 0.0115. The van der Waals surface area contributed by atoms with E-state index < -0.39 is 6.36 Å². The lowest BCUT2D eigenvalue weighted by molar-refractivity contribution is -0.274. The summed E-state index contributed by atoms with van der Waals surface area (Å²) in [4.78, 5) is 8.48. The highest BCUT2D eigenvalue weighted by atomic mass is 32.1. The zero-order chi connectivity index (χ0) is 17.6. The van der Waals surface area contributed by atoms with Gasteiger partial charge >= 0.3 is 6.36 Å². The van der Waals surface area contributed by atoms with Gasteiger partial charge in [0.25, 0.3) is 0 Å². The molecule has 0 aliphatic heterocycles. The van der Waals surface area contributed by atoms with Gasteiger partial charge in [-0.1, -0.05) is 12.1 Å². The molecule has 5 nitrogen and oxygen atoms in total. The first-order chi connectivity index (χ1) is 11.3. The van der Waals surface area contributed by atoms with Crippen molar-refractivity contribution in [1.82, 2.24) is 10.3 Å². The zero-order valence-electron chi connectivity index (χ0n) is 12.9. The molecule has 0 spiro atoms. The van der Waals surface area contributed by atoms with E-state index in [1.54, 1.807) is 11.3 Å². The van der Waals surface area contributed by atoms with Gasteiger partial charge in [-0.3, -0.25) is 0 Å². The number of guanidine groups is 1. The third kappa shape index (κ3) is 6.45. The predicted octanol–water partition coefficient (Wildman–Crippen LogP) is 3.00. The molecule has 0 aliphatic rings. The van der Waals surface area contributed by atoms with Crippen LogP contribution in [0.25, 0.3) is 0 Å². The number of ether oxygens (including phenoxy) is 1. The summed E-state index contributed by atoms with van der Waals surface area (Å²) < 4.78 is 40.0. The number of nitrogens with one attached hydrogen (secondary N) is 1. The first kappa shape index (κ1) is 18.1. The molecule has 2 rings (SSSR count). The van der Waals surface area contributed by atoms with Gasteiger partial charge in [0.05, 0.1) is 17.2 Å². The minimum atomic E-state index is -4.69. The van der Waals surface area contributed by atoms with Crippen molar-refractivity contribution < 1.29 is 17.9 Å². The topological polar surface area (TPSA) is 72.5 Å². The minimum Gasteiger partial charge on any atom is -0.406 e. The van der Waals surface area contributed by atoms with Crippen molar-refractivity contribution in [1.29, 1.82) is 0 Å². The Hall–Kier alpha value is -2.29. The molecule has 0 aliphatic carbocycles. The Balaban J connectivity index is 1.77. The number of hydrogen-bond acceptors (Lipinski definition) is 4. The number of nitrogens with zero attached hydrogens (tertiary/aromatic N) is 2. The molecule has 0 bridgehead atoms. The van der Waals surface area contributed by atoms with E-state index in [0.717, 1.165) is 22.7 Å². The van der Waals surface area contributed by atoms with Crippen molar-refractivity contribution in [2.75, 3.05) is 6.54 Å². The lowest BCUT2D eigenvalue weighted by atomic mass is 10.2. The fraction of sp³-hybridized carbons (Fsp3) is 0.333. The standard InChI is InChI=1S/C15H17F3N4OS/c1-10-22-12(9-24-10)6-7-20-14(19)21-8-11-2-4-13(5-3-11)23-15(16,17)18/h2-5,9H,6-8H2,1H3,(H3,19,20,21). The van der Waals surface area contributed by atoms with E-state index in [9.17, 15) is 13.2 Å². The molecule has 1 aromatic carbocycles. The average molecular weight is 358 g/mol. The number of aromatic nitrogens is 1. The lowest BCUT2D eigenvalue weighted by Crippen LogP contribution is -2.33. The maximum atomic E-state index is 12.1. The Kier molecular flexibility index (Phi) is 6.02. The van der Waals surface area contributed by atoms with Gasteiger partial charge in [-0.15, -0.1) is 24.5 Å². The summed E-state index contributed by atoms with van der Waals surface area (Å²) in [5, 5.41) is 5.99. The Morgan fingerprint density at radius 1 is 1.33 bits per heavy atom. The molecule has 0 amide bonds. The SMILES string of the molecule is Cc1nc(CCNC(N)=NCc2ccc(OC(F)(F)F)cc2)cs1. The lowest BCUT2D eigenvalue weighted by Gasteiger charge is -2.09. The van der Waals surface area contributed by atoms with Gasteiger partial charge in [-0.25, -0.2) is 9.98 Å². The van der Waals surface area contributed by atoms with Crippen LogP contribution in [-0.4, -0.2) is 23.9 Å². The average Bonchev–Trinajstić information content (AvgIpc) is 2.90. The summed E-state index contributed by atoms with van der Waals surface area (Å²) in [6.07, 6.45) is -3.95. The van der Waals surface area contributed by atoms with Gasteiger partial charge in [-0.05, 0) is 24.6 Å². The van der Waals surface area contributed by atoms with Crippen LogP contribution in [0.3, 0.4) is 0 Å². The summed E-state index contributed by atoms with van der Waals surface area (Å²) >= 11 is 1.59. The number of benzene rings is 1. The summed E-state index contributed by atoms with van der Waals surface area (Å²) in [5.41, 5.74) is 7.48. The van der Waals surface area contributed by atoms with Crippen LogP contribution in [0.4, 0.5) is 13.2 Å². The monoisotopic (exact) mass is 358 g/mol. The Bertz CT molecular complexity index is 683. The van der Waals surface area contributed by atoms with Crippen molar-refractivity contribution in [3.05, 3.63) is 45.9 Å². The molecule has 1 aromatic heterocycles. The van der Waals surface area contributed by atoms with Crippen molar-refractivity contribution in [3.8, 4) is 5.75 Å². The molecule has 0 fully saturated rings. The van der Waals surface area contributed by atoms with E-state index in [4.69, 9.17) is 5.73 Å². The number of halogens is 3. The van der Waals surface area contributed by atoms with E-state index in [2.05, 4.69) is 20.0 Å². The summed E-state index contributed by atoms with van der Waals surface area (Å²) in [6.45, 7) is 2.82. The molecule has 3 N–H and O–H groups in total. The van der Waals surface area contributed by atoms with Crippen LogP contribution in [0.15, 0.2) is 34.6 Å². The highest BCUT2D eigenvalue weighted by molar-refractivity contribution is 7.09. The number of alkyl halides is 3. The third-order valence-electron chi connectivity index (χ3n) is 2.94. The molecule has 0 saturated heterocycles. The van der Waals surface area contributed by atoms with Crippen LogP contribution in [0.1, 0.15) is 16.3 Å². The zero-order valence-corrected chi connectivity index (χ0v) is 13.7. The fourth-order valence-electron chi connectivity index (χ4n) is 1.87. The maximum Gasteiger partial charge on any atom is 0.573 e. The smallest absolute Gasteiger partial charge is 0.406 e. The first-order valence-corrected chi connectivity index (χ1v) is 7.99. The second kappa shape index (κ2) is 8.00. The van der Waals surface area contributed by atoms with Gasteiger partial charge in [0.2, 0.25) is 0 Å². The van der Waals surface area contributed by atoms with Gasteiger partial charge in [0.15, 0.2) is 5.96 Å². The first-order valence-electron chi connectivity index (χ1n) is 7.11. The molecule has 0 unspecified atom stereocenters. The number of aryl methyl sites for hydroxylation is 1. The van der Waals surface area contributed by atoms with Crippen molar-refractivity contribution in [3.63, 3.8) is 0 Å². The minimum absolute atomic E-state index is 0.264. The summed E-state index contributed by atoms with van der Waals surface area (Å²) in [6, 6.07) is 5.50. The van der Waals surface area contributed by atoms with Crippen LogP contribution >= 0.6 is 11.3 Å². The normalized spacial score (nSPS) is 12.2. The quantitative estimate of drug-likeness (QED) is 0.615. The van der Waals surface area contributed by atoms with E-state index in [1.165, 1.54) is 24.3 Å². The molecular weight excluding hydrogens is 341 g/mol. The molecule has 0 radical (unpaired) electrons. The molecule has 24 heavy (non-hydrogen) atoms. The Morgan fingerprint density at radius 3 is 2.62 bits per heavy atom. The molecular formula is C15H17F3N4OS. The van der Waals surface area contributed by atoms with E-state index >= 15 is 0 Å². The number of hydrogen-bond donors (Lipinski definition) is 2. The number of rotatable bonds is 6. The maximum absolute atomic E-state index is 12.1. The van der Waals surface area contributed by atoms with Gasteiger partial charge < -0.3 is 15.8 Å². The molecule has 2 aromatic rings. The second-order valence-electron chi connectivity index (χ2n) is 4.93. The van der Waals surface area contributed by atoms with E-state index in [0.29, 0.717) is 6.54 Å². The molecule has 9 heteroatoms. The number of nitrogens with two attached hydrogens (primary N) is 1. The molecule has 0 atom stereocenters. The Labute approximate surface area is 141 Å². The summed E-state index contributed by atoms with van der Waals surface area (Å²) in [7, 11) is 0. The second-order valence-corrected chi connectivity index (χ2v) is 5.99. The molecule has 0 saturated carbocycles. The highest BCUT2D eigenvalue weighted by Crippen LogP contribution is 2.22. The van der Waals surface area contributed by atoms with E-state index in [1.807, 2.05) is 12.3 Å².